The van der Waals surface area contributed by atoms with Crippen LogP contribution in [0.3, 0.4) is 0 Å². The predicted octanol–water partition coefficient (Wildman–Crippen LogP) is 2.31. The van der Waals surface area contributed by atoms with Crippen LogP contribution in [0.25, 0.3) is 0 Å². The lowest BCUT2D eigenvalue weighted by Crippen LogP contribution is -2.49. The van der Waals surface area contributed by atoms with Gasteiger partial charge in [0, 0.05) is 25.0 Å². The number of nitrogens with zero attached hydrogens (tertiary/aromatic N) is 1. The summed E-state index contributed by atoms with van der Waals surface area (Å²) in [5.41, 5.74) is 7.01. The summed E-state index contributed by atoms with van der Waals surface area (Å²) in [6.07, 6.45) is 3.48. The van der Waals surface area contributed by atoms with Crippen LogP contribution in [0.2, 0.25) is 0 Å². The van der Waals surface area contributed by atoms with Gasteiger partial charge in [0.05, 0.1) is 11.3 Å². The number of benzene rings is 1. The normalized spacial score (nSPS) is 14.4. The van der Waals surface area contributed by atoms with Crippen LogP contribution in [-0.4, -0.2) is 30.9 Å². The van der Waals surface area contributed by atoms with Crippen LogP contribution >= 0.6 is 0 Å². The fourth-order valence-corrected chi connectivity index (χ4v) is 2.53. The summed E-state index contributed by atoms with van der Waals surface area (Å²) < 4.78 is 0. The van der Waals surface area contributed by atoms with Crippen molar-refractivity contribution >= 4 is 17.5 Å². The zero-order chi connectivity index (χ0) is 17.0. The van der Waals surface area contributed by atoms with Gasteiger partial charge in [0.2, 0.25) is 5.91 Å². The maximum Gasteiger partial charge on any atom is 0.253 e. The first-order chi connectivity index (χ1) is 10.9. The molecule has 2 rings (SSSR count). The van der Waals surface area contributed by atoms with Gasteiger partial charge in [-0.05, 0) is 37.8 Å². The lowest BCUT2D eigenvalue weighted by molar-refractivity contribution is -0.119. The Kier molecular flexibility index (Phi) is 5.42. The SMILES string of the molecule is CCC(N)(CC)CNC(=O)c1ccccc1N(C)C(=O)C1CC1. The van der Waals surface area contributed by atoms with E-state index in [1.54, 1.807) is 18.0 Å². The van der Waals surface area contributed by atoms with Crippen molar-refractivity contribution in [2.75, 3.05) is 18.5 Å². The molecule has 0 saturated heterocycles. The number of carbonyl (C=O) groups excluding carboxylic acids is 2. The number of anilines is 1. The van der Waals surface area contributed by atoms with Crippen molar-refractivity contribution in [2.45, 2.75) is 45.1 Å². The second-order valence-electron chi connectivity index (χ2n) is 6.44. The number of hydrogen-bond acceptors (Lipinski definition) is 3. The molecular weight excluding hydrogens is 290 g/mol. The molecule has 0 unspecified atom stereocenters. The molecule has 0 aromatic heterocycles. The van der Waals surface area contributed by atoms with Crippen LogP contribution < -0.4 is 16.0 Å². The first-order valence-corrected chi connectivity index (χ1v) is 8.35. The maximum absolute atomic E-state index is 12.6. The van der Waals surface area contributed by atoms with E-state index in [9.17, 15) is 9.59 Å². The van der Waals surface area contributed by atoms with E-state index in [0.29, 0.717) is 17.8 Å². The zero-order valence-corrected chi connectivity index (χ0v) is 14.3. The Bertz CT molecular complexity index is 577. The molecule has 1 aromatic carbocycles. The fourth-order valence-electron chi connectivity index (χ4n) is 2.53. The minimum atomic E-state index is -0.389. The monoisotopic (exact) mass is 317 g/mol. The Labute approximate surface area is 138 Å². The molecule has 2 amide bonds. The van der Waals surface area contributed by atoms with E-state index >= 15 is 0 Å². The second-order valence-corrected chi connectivity index (χ2v) is 6.44. The van der Waals surface area contributed by atoms with Crippen molar-refractivity contribution in [2.24, 2.45) is 11.7 Å². The Morgan fingerprint density at radius 2 is 1.87 bits per heavy atom. The Morgan fingerprint density at radius 1 is 1.26 bits per heavy atom. The molecule has 1 aromatic rings. The van der Waals surface area contributed by atoms with Crippen LogP contribution in [0.15, 0.2) is 24.3 Å². The van der Waals surface area contributed by atoms with Crippen LogP contribution in [-0.2, 0) is 4.79 Å². The Balaban J connectivity index is 2.12. The summed E-state index contributed by atoms with van der Waals surface area (Å²) in [5, 5.41) is 2.92. The molecule has 5 heteroatoms. The van der Waals surface area contributed by atoms with E-state index in [2.05, 4.69) is 5.32 Å². The molecule has 0 bridgehead atoms. The molecule has 1 aliphatic rings. The van der Waals surface area contributed by atoms with Gasteiger partial charge >= 0.3 is 0 Å². The van der Waals surface area contributed by atoms with E-state index in [4.69, 9.17) is 5.73 Å². The van der Waals surface area contributed by atoms with Crippen LogP contribution in [0, 0.1) is 5.92 Å². The predicted molar refractivity (Wildman–Crippen MR) is 92.4 cm³/mol. The summed E-state index contributed by atoms with van der Waals surface area (Å²) in [7, 11) is 1.73. The molecule has 1 saturated carbocycles. The van der Waals surface area contributed by atoms with Gasteiger partial charge in [0.1, 0.15) is 0 Å². The highest BCUT2D eigenvalue weighted by atomic mass is 16.2. The van der Waals surface area contributed by atoms with Crippen LogP contribution in [0.4, 0.5) is 5.69 Å². The third-order valence-electron chi connectivity index (χ3n) is 4.78. The number of nitrogens with two attached hydrogens (primary N) is 1. The molecule has 23 heavy (non-hydrogen) atoms. The van der Waals surface area contributed by atoms with Gasteiger partial charge < -0.3 is 16.0 Å². The van der Waals surface area contributed by atoms with Gasteiger partial charge in [0.15, 0.2) is 0 Å². The second kappa shape index (κ2) is 7.13. The van der Waals surface area contributed by atoms with Crippen molar-refractivity contribution in [3.05, 3.63) is 29.8 Å². The van der Waals surface area contributed by atoms with E-state index in [0.717, 1.165) is 25.7 Å². The minimum Gasteiger partial charge on any atom is -0.350 e. The smallest absolute Gasteiger partial charge is 0.253 e. The van der Waals surface area contributed by atoms with E-state index in [1.165, 1.54) is 0 Å². The lowest BCUT2D eigenvalue weighted by Gasteiger charge is -2.27. The van der Waals surface area contributed by atoms with Crippen molar-refractivity contribution < 1.29 is 9.59 Å². The highest BCUT2D eigenvalue weighted by Crippen LogP contribution is 2.33. The molecule has 1 aliphatic carbocycles. The number of carbonyl (C=O) groups is 2. The van der Waals surface area contributed by atoms with E-state index < -0.39 is 0 Å². The van der Waals surface area contributed by atoms with Gasteiger partial charge in [-0.3, -0.25) is 9.59 Å². The summed E-state index contributed by atoms with van der Waals surface area (Å²) in [6.45, 7) is 4.46. The average molecular weight is 317 g/mol. The zero-order valence-electron chi connectivity index (χ0n) is 14.3. The quantitative estimate of drug-likeness (QED) is 0.810. The third-order valence-corrected chi connectivity index (χ3v) is 4.78. The fraction of sp³-hybridized carbons (Fsp3) is 0.556. The molecule has 0 spiro atoms. The molecule has 0 radical (unpaired) electrons. The summed E-state index contributed by atoms with van der Waals surface area (Å²) in [4.78, 5) is 26.4. The Hall–Kier alpha value is -1.88. The van der Waals surface area contributed by atoms with Crippen LogP contribution in [0.1, 0.15) is 49.9 Å². The van der Waals surface area contributed by atoms with Gasteiger partial charge in [-0.25, -0.2) is 0 Å². The Morgan fingerprint density at radius 3 is 2.43 bits per heavy atom. The molecule has 0 aliphatic heterocycles. The lowest BCUT2D eigenvalue weighted by atomic mass is 9.94. The molecule has 5 nitrogen and oxygen atoms in total. The van der Waals surface area contributed by atoms with E-state index in [1.807, 2.05) is 32.0 Å². The molecule has 126 valence electrons. The van der Waals surface area contributed by atoms with E-state index in [-0.39, 0.29) is 23.3 Å². The average Bonchev–Trinajstić information content (AvgIpc) is 3.43. The third kappa shape index (κ3) is 4.10. The first kappa shape index (κ1) is 17.5. The number of hydrogen-bond donors (Lipinski definition) is 2. The molecular formula is C18H27N3O2. The van der Waals surface area contributed by atoms with Gasteiger partial charge in [0.25, 0.3) is 5.91 Å². The number of rotatable bonds is 7. The molecule has 0 heterocycles. The summed E-state index contributed by atoms with van der Waals surface area (Å²) in [6, 6.07) is 7.21. The first-order valence-electron chi connectivity index (χ1n) is 8.35. The van der Waals surface area contributed by atoms with Crippen molar-refractivity contribution in [1.29, 1.82) is 0 Å². The number of amides is 2. The van der Waals surface area contributed by atoms with Crippen molar-refractivity contribution in [3.8, 4) is 0 Å². The van der Waals surface area contributed by atoms with Gasteiger partial charge in [-0.2, -0.15) is 0 Å². The molecule has 3 N–H and O–H groups in total. The molecule has 0 atom stereocenters. The minimum absolute atomic E-state index is 0.0838. The molecule has 1 fully saturated rings. The van der Waals surface area contributed by atoms with Crippen molar-refractivity contribution in [3.63, 3.8) is 0 Å². The summed E-state index contributed by atoms with van der Waals surface area (Å²) >= 11 is 0. The van der Waals surface area contributed by atoms with Gasteiger partial charge in [-0.1, -0.05) is 26.0 Å². The maximum atomic E-state index is 12.6. The number of nitrogens with one attached hydrogen (secondary N) is 1. The number of para-hydroxylation sites is 1. The van der Waals surface area contributed by atoms with Crippen molar-refractivity contribution in [1.82, 2.24) is 5.32 Å². The largest absolute Gasteiger partial charge is 0.350 e. The highest BCUT2D eigenvalue weighted by Gasteiger charge is 2.33. The van der Waals surface area contributed by atoms with Crippen LogP contribution in [0.5, 0.6) is 0 Å². The summed E-state index contributed by atoms with van der Waals surface area (Å²) in [5.74, 6) is 0.0151. The van der Waals surface area contributed by atoms with Gasteiger partial charge in [-0.15, -0.1) is 0 Å². The topological polar surface area (TPSA) is 75.4 Å². The standard InChI is InChI=1S/C18H27N3O2/c1-4-18(19,5-2)12-20-16(22)14-8-6-7-9-15(14)21(3)17(23)13-10-11-13/h6-9,13H,4-5,10-12,19H2,1-3H3,(H,20,22). The highest BCUT2D eigenvalue weighted by molar-refractivity contribution is 6.05.